The minimum atomic E-state index is -0.131. The number of thioether (sulfide) groups is 1. The van der Waals surface area contributed by atoms with Gasteiger partial charge in [0.05, 0.1) is 11.4 Å². The summed E-state index contributed by atoms with van der Waals surface area (Å²) in [6.07, 6.45) is 0.962. The van der Waals surface area contributed by atoms with Crippen LogP contribution in [-0.4, -0.2) is 33.2 Å². The number of anilines is 1. The van der Waals surface area contributed by atoms with Crippen LogP contribution in [0.25, 0.3) is 0 Å². The minimum absolute atomic E-state index is 0.131. The molecule has 1 heterocycles. The molecule has 0 saturated heterocycles. The van der Waals surface area contributed by atoms with Gasteiger partial charge in [-0.15, -0.1) is 0 Å². The van der Waals surface area contributed by atoms with Crippen molar-refractivity contribution in [1.29, 1.82) is 0 Å². The predicted molar refractivity (Wildman–Crippen MR) is 81.6 cm³/mol. The molecule has 1 amide bonds. The highest BCUT2D eigenvalue weighted by molar-refractivity contribution is 7.99. The average Bonchev–Trinajstić information content (AvgIpc) is 2.65. The van der Waals surface area contributed by atoms with Crippen LogP contribution in [0.2, 0.25) is 0 Å². The van der Waals surface area contributed by atoms with Gasteiger partial charge >= 0.3 is 0 Å². The Balaban J connectivity index is 2.67. The number of nitrogens with two attached hydrogens (primary N) is 1. The topological polar surface area (TPSA) is 72.9 Å². The maximum absolute atomic E-state index is 12.2. The SMILES string of the molecule is CCSCCC(C)NC(=O)c1c(N)c(C)nn1CC. The number of hydrogen-bond acceptors (Lipinski definition) is 4. The molecule has 0 aliphatic rings. The van der Waals surface area contributed by atoms with Crippen LogP contribution in [0.1, 0.15) is 43.4 Å². The quantitative estimate of drug-likeness (QED) is 0.752. The summed E-state index contributed by atoms with van der Waals surface area (Å²) in [7, 11) is 0. The Labute approximate surface area is 119 Å². The molecule has 1 unspecified atom stereocenters. The van der Waals surface area contributed by atoms with Gasteiger partial charge in [0.25, 0.3) is 5.91 Å². The molecule has 0 spiro atoms. The van der Waals surface area contributed by atoms with Gasteiger partial charge in [0.1, 0.15) is 5.69 Å². The summed E-state index contributed by atoms with van der Waals surface area (Å²) in [4.78, 5) is 12.2. The molecule has 108 valence electrons. The first-order valence-electron chi connectivity index (χ1n) is 6.72. The van der Waals surface area contributed by atoms with Crippen molar-refractivity contribution in [3.8, 4) is 0 Å². The van der Waals surface area contributed by atoms with E-state index in [4.69, 9.17) is 5.73 Å². The molecule has 0 aromatic carbocycles. The van der Waals surface area contributed by atoms with Crippen molar-refractivity contribution in [3.05, 3.63) is 11.4 Å². The smallest absolute Gasteiger partial charge is 0.271 e. The van der Waals surface area contributed by atoms with Crippen LogP contribution in [0.3, 0.4) is 0 Å². The number of nitrogens with zero attached hydrogens (tertiary/aromatic N) is 2. The number of rotatable bonds is 7. The van der Waals surface area contributed by atoms with E-state index in [1.54, 1.807) is 4.68 Å². The highest BCUT2D eigenvalue weighted by Crippen LogP contribution is 2.16. The highest BCUT2D eigenvalue weighted by Gasteiger charge is 2.20. The Hall–Kier alpha value is -1.17. The molecule has 0 saturated carbocycles. The van der Waals surface area contributed by atoms with E-state index >= 15 is 0 Å². The molecule has 6 heteroatoms. The van der Waals surface area contributed by atoms with Gasteiger partial charge in [-0.3, -0.25) is 9.48 Å². The summed E-state index contributed by atoms with van der Waals surface area (Å²) in [6.45, 7) is 8.56. The fourth-order valence-electron chi connectivity index (χ4n) is 1.83. The second kappa shape index (κ2) is 7.43. The lowest BCUT2D eigenvalue weighted by Crippen LogP contribution is -2.34. The van der Waals surface area contributed by atoms with E-state index in [1.165, 1.54) is 0 Å². The predicted octanol–water partition coefficient (Wildman–Crippen LogP) is 2.06. The number of hydrogen-bond donors (Lipinski definition) is 2. The number of carbonyl (C=O) groups is 1. The van der Waals surface area contributed by atoms with Crippen molar-refractivity contribution >= 4 is 23.4 Å². The van der Waals surface area contributed by atoms with Crippen LogP contribution in [0, 0.1) is 6.92 Å². The fraction of sp³-hybridized carbons (Fsp3) is 0.692. The molecule has 0 aliphatic heterocycles. The van der Waals surface area contributed by atoms with Gasteiger partial charge in [-0.1, -0.05) is 6.92 Å². The number of nitrogens with one attached hydrogen (secondary N) is 1. The molecular weight excluding hydrogens is 260 g/mol. The van der Waals surface area contributed by atoms with E-state index < -0.39 is 0 Å². The third kappa shape index (κ3) is 4.16. The van der Waals surface area contributed by atoms with Crippen molar-refractivity contribution in [2.24, 2.45) is 0 Å². The van der Waals surface area contributed by atoms with Crippen LogP contribution in [0.5, 0.6) is 0 Å². The first kappa shape index (κ1) is 15.9. The zero-order chi connectivity index (χ0) is 14.4. The summed E-state index contributed by atoms with van der Waals surface area (Å²) in [5.74, 6) is 2.03. The molecule has 1 aromatic rings. The number of amides is 1. The maximum Gasteiger partial charge on any atom is 0.271 e. The van der Waals surface area contributed by atoms with Gasteiger partial charge in [0.2, 0.25) is 0 Å². The van der Waals surface area contributed by atoms with E-state index in [0.717, 1.165) is 17.9 Å². The van der Waals surface area contributed by atoms with Gasteiger partial charge in [-0.25, -0.2) is 0 Å². The molecule has 5 nitrogen and oxygen atoms in total. The van der Waals surface area contributed by atoms with E-state index in [9.17, 15) is 4.79 Å². The zero-order valence-electron chi connectivity index (χ0n) is 12.2. The van der Waals surface area contributed by atoms with E-state index in [2.05, 4.69) is 17.3 Å². The van der Waals surface area contributed by atoms with Crippen molar-refractivity contribution in [2.75, 3.05) is 17.2 Å². The van der Waals surface area contributed by atoms with Crippen LogP contribution in [0.4, 0.5) is 5.69 Å². The largest absolute Gasteiger partial charge is 0.395 e. The van der Waals surface area contributed by atoms with Gasteiger partial charge in [0, 0.05) is 12.6 Å². The lowest BCUT2D eigenvalue weighted by Gasteiger charge is -2.14. The lowest BCUT2D eigenvalue weighted by molar-refractivity contribution is 0.0929. The molecule has 0 fully saturated rings. The molecule has 0 bridgehead atoms. The molecule has 1 rings (SSSR count). The molecule has 1 aromatic heterocycles. The highest BCUT2D eigenvalue weighted by atomic mass is 32.2. The number of aryl methyl sites for hydroxylation is 2. The first-order valence-corrected chi connectivity index (χ1v) is 7.88. The number of carbonyl (C=O) groups excluding carboxylic acids is 1. The van der Waals surface area contributed by atoms with Crippen molar-refractivity contribution in [3.63, 3.8) is 0 Å². The van der Waals surface area contributed by atoms with Crippen LogP contribution >= 0.6 is 11.8 Å². The second-order valence-electron chi connectivity index (χ2n) is 4.52. The molecule has 19 heavy (non-hydrogen) atoms. The first-order chi connectivity index (χ1) is 9.01. The third-order valence-corrected chi connectivity index (χ3v) is 3.90. The van der Waals surface area contributed by atoms with Crippen molar-refractivity contribution < 1.29 is 4.79 Å². The second-order valence-corrected chi connectivity index (χ2v) is 5.92. The Morgan fingerprint density at radius 2 is 2.21 bits per heavy atom. The van der Waals surface area contributed by atoms with Gasteiger partial charge in [-0.05, 0) is 38.7 Å². The Morgan fingerprint density at radius 1 is 1.53 bits per heavy atom. The molecule has 0 aliphatic carbocycles. The van der Waals surface area contributed by atoms with E-state index in [-0.39, 0.29) is 11.9 Å². The van der Waals surface area contributed by atoms with E-state index in [1.807, 2.05) is 32.5 Å². The van der Waals surface area contributed by atoms with Gasteiger partial charge in [0.15, 0.2) is 0 Å². The summed E-state index contributed by atoms with van der Waals surface area (Å²) >= 11 is 1.88. The van der Waals surface area contributed by atoms with Gasteiger partial charge in [-0.2, -0.15) is 16.9 Å². The minimum Gasteiger partial charge on any atom is -0.395 e. The molecule has 3 N–H and O–H groups in total. The van der Waals surface area contributed by atoms with E-state index in [0.29, 0.717) is 23.6 Å². The Morgan fingerprint density at radius 3 is 2.79 bits per heavy atom. The van der Waals surface area contributed by atoms with Gasteiger partial charge < -0.3 is 11.1 Å². The van der Waals surface area contributed by atoms with Crippen LogP contribution < -0.4 is 11.1 Å². The third-order valence-electron chi connectivity index (χ3n) is 2.97. The molecule has 0 radical (unpaired) electrons. The van der Waals surface area contributed by atoms with Crippen LogP contribution in [0.15, 0.2) is 0 Å². The Bertz CT molecular complexity index is 431. The Kier molecular flexibility index (Phi) is 6.21. The number of nitrogen functional groups attached to an aromatic ring is 1. The summed E-state index contributed by atoms with van der Waals surface area (Å²) in [5, 5.41) is 7.25. The standard InChI is InChI=1S/C13H24N4OS/c1-5-17-12(11(14)10(4)16-17)13(18)15-9(3)7-8-19-6-2/h9H,5-8,14H2,1-4H3,(H,15,18). The molecule has 1 atom stereocenters. The summed E-state index contributed by atoms with van der Waals surface area (Å²) < 4.78 is 1.66. The number of aromatic nitrogens is 2. The van der Waals surface area contributed by atoms with Crippen molar-refractivity contribution in [1.82, 2.24) is 15.1 Å². The van der Waals surface area contributed by atoms with Crippen molar-refractivity contribution in [2.45, 2.75) is 46.7 Å². The monoisotopic (exact) mass is 284 g/mol. The average molecular weight is 284 g/mol. The maximum atomic E-state index is 12.2. The zero-order valence-corrected chi connectivity index (χ0v) is 13.0. The lowest BCUT2D eigenvalue weighted by atomic mass is 10.2. The molecular formula is C13H24N4OS. The van der Waals surface area contributed by atoms with Crippen LogP contribution in [-0.2, 0) is 6.54 Å². The fourth-order valence-corrected chi connectivity index (χ4v) is 2.64. The summed E-state index contributed by atoms with van der Waals surface area (Å²) in [6, 6.07) is 0.145. The normalized spacial score (nSPS) is 12.4. The summed E-state index contributed by atoms with van der Waals surface area (Å²) in [5.41, 5.74) is 7.60.